The van der Waals surface area contributed by atoms with Crippen LogP contribution in [0.15, 0.2) is 53.1 Å². The van der Waals surface area contributed by atoms with E-state index in [0.717, 1.165) is 11.3 Å². The van der Waals surface area contributed by atoms with Crippen molar-refractivity contribution in [1.29, 1.82) is 0 Å². The predicted molar refractivity (Wildman–Crippen MR) is 101 cm³/mol. The second-order valence-corrected chi connectivity index (χ2v) is 5.77. The van der Waals surface area contributed by atoms with Crippen LogP contribution in [0.5, 0.6) is 11.5 Å². The molecule has 27 heavy (non-hydrogen) atoms. The summed E-state index contributed by atoms with van der Waals surface area (Å²) in [6.07, 6.45) is 0.000113. The van der Waals surface area contributed by atoms with Crippen molar-refractivity contribution >= 4 is 11.6 Å². The molecule has 7 nitrogen and oxygen atoms in total. The van der Waals surface area contributed by atoms with Crippen LogP contribution in [0.4, 0.5) is 5.69 Å². The maximum absolute atomic E-state index is 12.6. The van der Waals surface area contributed by atoms with Crippen LogP contribution in [0.2, 0.25) is 0 Å². The van der Waals surface area contributed by atoms with E-state index < -0.39 is 0 Å². The van der Waals surface area contributed by atoms with E-state index in [1.807, 2.05) is 55.5 Å². The topological polar surface area (TPSA) is 77.7 Å². The number of hydrogen-bond acceptors (Lipinski definition) is 6. The Kier molecular flexibility index (Phi) is 5.71. The van der Waals surface area contributed by atoms with E-state index in [2.05, 4.69) is 10.1 Å². The second kappa shape index (κ2) is 8.35. The molecule has 1 aromatic heterocycles. The molecule has 3 aromatic rings. The van der Waals surface area contributed by atoms with E-state index in [-0.39, 0.29) is 18.2 Å². The zero-order chi connectivity index (χ0) is 19.2. The van der Waals surface area contributed by atoms with Crippen molar-refractivity contribution in [2.75, 3.05) is 25.7 Å². The minimum absolute atomic E-state index is 0.000113. The average Bonchev–Trinajstić information content (AvgIpc) is 3.16. The predicted octanol–water partition coefficient (Wildman–Crippen LogP) is 3.35. The molecule has 0 bridgehead atoms. The lowest BCUT2D eigenvalue weighted by Gasteiger charge is -2.19. The Morgan fingerprint density at radius 2 is 1.89 bits per heavy atom. The normalized spacial score (nSPS) is 10.5. The molecule has 0 saturated carbocycles. The van der Waals surface area contributed by atoms with Crippen LogP contribution in [-0.2, 0) is 11.2 Å². The Balaban J connectivity index is 1.72. The van der Waals surface area contributed by atoms with E-state index in [9.17, 15) is 4.79 Å². The molecule has 140 valence electrons. The third-order valence-corrected chi connectivity index (χ3v) is 4.02. The minimum Gasteiger partial charge on any atom is -0.497 e. The third kappa shape index (κ3) is 4.25. The van der Waals surface area contributed by atoms with Crippen molar-refractivity contribution < 1.29 is 18.8 Å². The van der Waals surface area contributed by atoms with Gasteiger partial charge in [-0.05, 0) is 43.3 Å². The third-order valence-electron chi connectivity index (χ3n) is 4.02. The number of hydrogen-bond donors (Lipinski definition) is 0. The smallest absolute Gasteiger partial charge is 0.236 e. The molecule has 0 N–H and O–H groups in total. The fourth-order valence-corrected chi connectivity index (χ4v) is 2.58. The molecule has 1 heterocycles. The molecule has 0 atom stereocenters. The van der Waals surface area contributed by atoms with E-state index in [0.29, 0.717) is 23.9 Å². The first-order valence-corrected chi connectivity index (χ1v) is 8.57. The summed E-state index contributed by atoms with van der Waals surface area (Å²) >= 11 is 0. The number of likely N-dealkylation sites (N-methyl/N-ethyl adjacent to an activating group) is 1. The van der Waals surface area contributed by atoms with Crippen molar-refractivity contribution in [2.45, 2.75) is 13.3 Å². The molecule has 1 amide bonds. The Morgan fingerprint density at radius 3 is 2.59 bits per heavy atom. The highest BCUT2D eigenvalue weighted by atomic mass is 16.5. The van der Waals surface area contributed by atoms with Crippen LogP contribution in [0.25, 0.3) is 11.4 Å². The van der Waals surface area contributed by atoms with Crippen molar-refractivity contribution in [1.82, 2.24) is 10.1 Å². The van der Waals surface area contributed by atoms with Gasteiger partial charge in [-0.1, -0.05) is 17.3 Å². The van der Waals surface area contributed by atoms with Gasteiger partial charge in [-0.2, -0.15) is 4.98 Å². The summed E-state index contributed by atoms with van der Waals surface area (Å²) in [5.74, 6) is 1.91. The number of amides is 1. The number of rotatable bonds is 7. The zero-order valence-electron chi connectivity index (χ0n) is 15.5. The molecular formula is C20H21N3O4. The number of methoxy groups -OCH3 is 1. The summed E-state index contributed by atoms with van der Waals surface area (Å²) in [5, 5.41) is 3.95. The quantitative estimate of drug-likeness (QED) is 0.637. The van der Waals surface area contributed by atoms with Crippen LogP contribution in [0, 0.1) is 0 Å². The number of carbonyl (C=O) groups excluding carboxylic acids is 1. The molecule has 0 radical (unpaired) electrons. The Morgan fingerprint density at radius 1 is 1.15 bits per heavy atom. The van der Waals surface area contributed by atoms with E-state index >= 15 is 0 Å². The van der Waals surface area contributed by atoms with Gasteiger partial charge in [0.05, 0.1) is 19.4 Å². The molecule has 0 saturated heterocycles. The molecule has 0 fully saturated rings. The summed E-state index contributed by atoms with van der Waals surface area (Å²) in [4.78, 5) is 18.5. The maximum atomic E-state index is 12.6. The van der Waals surface area contributed by atoms with Gasteiger partial charge in [0.15, 0.2) is 0 Å². The van der Waals surface area contributed by atoms with Crippen LogP contribution < -0.4 is 14.4 Å². The highest BCUT2D eigenvalue weighted by Gasteiger charge is 2.19. The fraction of sp³-hybridized carbons (Fsp3) is 0.250. The molecule has 0 aliphatic carbocycles. The van der Waals surface area contributed by atoms with Crippen molar-refractivity contribution in [3.05, 3.63) is 54.4 Å². The Labute approximate surface area is 157 Å². The van der Waals surface area contributed by atoms with E-state index in [1.54, 1.807) is 14.2 Å². The molecule has 0 unspecified atom stereocenters. The number of ether oxygens (including phenoxy) is 2. The number of para-hydroxylation sites is 2. The molecule has 0 aliphatic rings. The van der Waals surface area contributed by atoms with Gasteiger partial charge in [-0.3, -0.25) is 4.79 Å². The summed E-state index contributed by atoms with van der Waals surface area (Å²) in [7, 11) is 3.30. The molecule has 3 rings (SSSR count). The maximum Gasteiger partial charge on any atom is 0.236 e. The van der Waals surface area contributed by atoms with Gasteiger partial charge < -0.3 is 18.9 Å². The number of anilines is 1. The largest absolute Gasteiger partial charge is 0.497 e. The highest BCUT2D eigenvalue weighted by Crippen LogP contribution is 2.27. The number of carbonyl (C=O) groups is 1. The van der Waals surface area contributed by atoms with Crippen molar-refractivity contribution in [2.24, 2.45) is 0 Å². The zero-order valence-corrected chi connectivity index (χ0v) is 15.5. The SMILES string of the molecule is CCOc1ccccc1N(C)C(=O)Cc1nc(-c2ccc(OC)cc2)no1. The summed E-state index contributed by atoms with van der Waals surface area (Å²) in [6, 6.07) is 14.7. The molecule has 0 spiro atoms. The van der Waals surface area contributed by atoms with Gasteiger partial charge in [-0.15, -0.1) is 0 Å². The molecule has 7 heteroatoms. The summed E-state index contributed by atoms with van der Waals surface area (Å²) in [6.45, 7) is 2.42. The summed E-state index contributed by atoms with van der Waals surface area (Å²) in [5.41, 5.74) is 1.48. The first-order chi connectivity index (χ1) is 13.1. The number of benzene rings is 2. The lowest BCUT2D eigenvalue weighted by molar-refractivity contribution is -0.118. The van der Waals surface area contributed by atoms with Crippen molar-refractivity contribution in [3.8, 4) is 22.9 Å². The minimum atomic E-state index is -0.174. The number of nitrogens with zero attached hydrogens (tertiary/aromatic N) is 3. The van der Waals surface area contributed by atoms with Gasteiger partial charge in [-0.25, -0.2) is 0 Å². The van der Waals surface area contributed by atoms with Gasteiger partial charge in [0.2, 0.25) is 17.6 Å². The highest BCUT2D eigenvalue weighted by molar-refractivity contribution is 5.95. The first kappa shape index (κ1) is 18.4. The lowest BCUT2D eigenvalue weighted by atomic mass is 10.2. The van der Waals surface area contributed by atoms with Gasteiger partial charge >= 0.3 is 0 Å². The first-order valence-electron chi connectivity index (χ1n) is 8.57. The lowest BCUT2D eigenvalue weighted by Crippen LogP contribution is -2.28. The molecule has 0 aliphatic heterocycles. The van der Waals surface area contributed by atoms with Crippen LogP contribution in [0.1, 0.15) is 12.8 Å². The van der Waals surface area contributed by atoms with Gasteiger partial charge in [0.25, 0.3) is 0 Å². The number of aromatic nitrogens is 2. The van der Waals surface area contributed by atoms with Crippen molar-refractivity contribution in [3.63, 3.8) is 0 Å². The van der Waals surface area contributed by atoms with Crippen LogP contribution in [-0.4, -0.2) is 36.8 Å². The van der Waals surface area contributed by atoms with Crippen LogP contribution >= 0.6 is 0 Å². The van der Waals surface area contributed by atoms with Gasteiger partial charge in [0, 0.05) is 12.6 Å². The summed E-state index contributed by atoms with van der Waals surface area (Å²) < 4.78 is 16.0. The second-order valence-electron chi connectivity index (χ2n) is 5.77. The Hall–Kier alpha value is -3.35. The van der Waals surface area contributed by atoms with Gasteiger partial charge in [0.1, 0.15) is 17.9 Å². The van der Waals surface area contributed by atoms with Crippen LogP contribution in [0.3, 0.4) is 0 Å². The fourth-order valence-electron chi connectivity index (χ4n) is 2.58. The van der Waals surface area contributed by atoms with E-state index in [1.165, 1.54) is 4.90 Å². The average molecular weight is 367 g/mol. The molecular weight excluding hydrogens is 346 g/mol. The van der Waals surface area contributed by atoms with E-state index in [4.69, 9.17) is 14.0 Å². The standard InChI is InChI=1S/C20H21N3O4/c1-4-26-17-8-6-5-7-16(17)23(2)19(24)13-18-21-20(22-27-18)14-9-11-15(25-3)12-10-14/h5-12H,4,13H2,1-3H3. The monoisotopic (exact) mass is 367 g/mol. The molecule has 2 aromatic carbocycles. The Bertz CT molecular complexity index is 906.